The number of benzene rings is 1. The Labute approximate surface area is 106 Å². The van der Waals surface area contributed by atoms with Gasteiger partial charge in [0.25, 0.3) is 0 Å². The molecule has 1 aliphatic carbocycles. The molecule has 92 valence electrons. The molecule has 0 N–H and O–H groups in total. The highest BCUT2D eigenvalue weighted by Gasteiger charge is 2.27. The van der Waals surface area contributed by atoms with Gasteiger partial charge >= 0.3 is 0 Å². The van der Waals surface area contributed by atoms with E-state index >= 15 is 0 Å². The van der Waals surface area contributed by atoms with Crippen molar-refractivity contribution in [2.45, 2.75) is 32.1 Å². The van der Waals surface area contributed by atoms with Gasteiger partial charge in [-0.1, -0.05) is 0 Å². The van der Waals surface area contributed by atoms with Crippen molar-refractivity contribution in [3.8, 4) is 11.4 Å². The average molecular weight is 240 g/mol. The van der Waals surface area contributed by atoms with E-state index in [1.807, 2.05) is 6.07 Å². The molecule has 0 radical (unpaired) electrons. The number of hydrogen-bond donors (Lipinski definition) is 0. The molecule has 1 aromatic heterocycles. The number of aryl methyl sites for hydroxylation is 1. The van der Waals surface area contributed by atoms with Gasteiger partial charge in [-0.2, -0.15) is 5.10 Å². The van der Waals surface area contributed by atoms with E-state index in [0.29, 0.717) is 0 Å². The van der Waals surface area contributed by atoms with Gasteiger partial charge in [-0.15, -0.1) is 0 Å². The quantitative estimate of drug-likeness (QED) is 0.654. The third kappa shape index (κ3) is 1.27. The minimum atomic E-state index is 0.938. The molecule has 1 aliphatic heterocycles. The Morgan fingerprint density at radius 1 is 1.22 bits per heavy atom. The van der Waals surface area contributed by atoms with Crippen LogP contribution in [0.1, 0.15) is 35.4 Å². The number of ether oxygens (including phenoxy) is 1. The Balaban J connectivity index is 1.86. The Hall–Kier alpha value is -1.77. The minimum Gasteiger partial charge on any atom is -0.497 e. The zero-order valence-electron chi connectivity index (χ0n) is 10.6. The van der Waals surface area contributed by atoms with Gasteiger partial charge in [-0.05, 0) is 55.0 Å². The molecule has 0 saturated carbocycles. The van der Waals surface area contributed by atoms with Crippen molar-refractivity contribution in [3.63, 3.8) is 0 Å². The summed E-state index contributed by atoms with van der Waals surface area (Å²) < 4.78 is 7.46. The van der Waals surface area contributed by atoms with Crippen LogP contribution in [0.3, 0.4) is 0 Å². The summed E-state index contributed by atoms with van der Waals surface area (Å²) in [5.41, 5.74) is 6.83. The Bertz CT molecular complexity index is 628. The molecule has 0 unspecified atom stereocenters. The molecule has 0 atom stereocenters. The fraction of sp³-hybridized carbons (Fsp3) is 0.400. The lowest BCUT2D eigenvalue weighted by molar-refractivity contribution is 0.414. The SMILES string of the molecule is COc1ccc2c(c1)Cc1c3c(nn1-2)CCCC3. The van der Waals surface area contributed by atoms with E-state index in [0.717, 1.165) is 18.6 Å². The molecule has 0 amide bonds. The van der Waals surface area contributed by atoms with Crippen LogP contribution in [0.5, 0.6) is 5.75 Å². The average Bonchev–Trinajstić information content (AvgIpc) is 2.93. The maximum atomic E-state index is 5.30. The molecule has 2 heterocycles. The lowest BCUT2D eigenvalue weighted by Crippen LogP contribution is -2.02. The van der Waals surface area contributed by atoms with Crippen molar-refractivity contribution < 1.29 is 4.74 Å². The van der Waals surface area contributed by atoms with Crippen LogP contribution < -0.4 is 4.74 Å². The zero-order chi connectivity index (χ0) is 12.1. The molecule has 3 heteroatoms. The van der Waals surface area contributed by atoms with Gasteiger partial charge in [0.2, 0.25) is 0 Å². The topological polar surface area (TPSA) is 27.1 Å². The predicted octanol–water partition coefficient (Wildman–Crippen LogP) is 2.66. The summed E-state index contributed by atoms with van der Waals surface area (Å²) in [6, 6.07) is 6.29. The van der Waals surface area contributed by atoms with Crippen LogP contribution in [-0.2, 0) is 19.3 Å². The third-order valence-electron chi connectivity index (χ3n) is 4.14. The second kappa shape index (κ2) is 3.61. The first kappa shape index (κ1) is 10.2. The number of fused-ring (bicyclic) bond motifs is 5. The third-order valence-corrected chi connectivity index (χ3v) is 4.14. The molecular weight excluding hydrogens is 224 g/mol. The van der Waals surface area contributed by atoms with Crippen LogP contribution in [0.4, 0.5) is 0 Å². The highest BCUT2D eigenvalue weighted by atomic mass is 16.5. The number of hydrogen-bond acceptors (Lipinski definition) is 2. The lowest BCUT2D eigenvalue weighted by atomic mass is 9.94. The van der Waals surface area contributed by atoms with Gasteiger partial charge in [0, 0.05) is 6.42 Å². The second-order valence-corrected chi connectivity index (χ2v) is 5.16. The molecular formula is C15H16N2O. The summed E-state index contributed by atoms with van der Waals surface area (Å²) in [5.74, 6) is 0.938. The Kier molecular flexibility index (Phi) is 2.04. The molecule has 0 saturated heterocycles. The van der Waals surface area contributed by atoms with Crippen LogP contribution in [0.25, 0.3) is 5.69 Å². The van der Waals surface area contributed by atoms with E-state index in [1.54, 1.807) is 7.11 Å². The Morgan fingerprint density at radius 2 is 2.11 bits per heavy atom. The van der Waals surface area contributed by atoms with E-state index in [1.165, 1.54) is 47.5 Å². The largest absolute Gasteiger partial charge is 0.497 e. The first-order chi connectivity index (χ1) is 8.86. The molecule has 2 aromatic rings. The first-order valence-electron chi connectivity index (χ1n) is 6.64. The number of nitrogens with zero attached hydrogens (tertiary/aromatic N) is 2. The minimum absolute atomic E-state index is 0.938. The van der Waals surface area contributed by atoms with Crippen molar-refractivity contribution >= 4 is 0 Å². The molecule has 2 aliphatic rings. The highest BCUT2D eigenvalue weighted by Crippen LogP contribution is 2.35. The summed E-state index contributed by atoms with van der Waals surface area (Å²) in [6.07, 6.45) is 5.97. The van der Waals surface area contributed by atoms with E-state index in [-0.39, 0.29) is 0 Å². The van der Waals surface area contributed by atoms with E-state index in [2.05, 4.69) is 16.8 Å². The van der Waals surface area contributed by atoms with Gasteiger partial charge in [0.05, 0.1) is 24.2 Å². The lowest BCUT2D eigenvalue weighted by Gasteiger charge is -2.10. The van der Waals surface area contributed by atoms with Crippen molar-refractivity contribution in [2.75, 3.05) is 7.11 Å². The van der Waals surface area contributed by atoms with Gasteiger partial charge in [-0.25, -0.2) is 4.68 Å². The standard InChI is InChI=1S/C15H16N2O/c1-18-11-6-7-14-10(8-11)9-15-12-4-2-3-5-13(12)16-17(14)15/h6-8H,2-5,9H2,1H3. The molecule has 0 spiro atoms. The van der Waals surface area contributed by atoms with Gasteiger partial charge < -0.3 is 4.74 Å². The Morgan fingerprint density at radius 3 is 3.00 bits per heavy atom. The summed E-state index contributed by atoms with van der Waals surface area (Å²) >= 11 is 0. The molecule has 1 aromatic carbocycles. The van der Waals surface area contributed by atoms with Crippen LogP contribution in [0.15, 0.2) is 18.2 Å². The molecule has 0 bridgehead atoms. The maximum Gasteiger partial charge on any atom is 0.119 e. The maximum absolute atomic E-state index is 5.30. The monoisotopic (exact) mass is 240 g/mol. The van der Waals surface area contributed by atoms with Crippen molar-refractivity contribution in [3.05, 3.63) is 40.7 Å². The summed E-state index contributed by atoms with van der Waals surface area (Å²) in [5, 5.41) is 4.80. The van der Waals surface area contributed by atoms with Crippen molar-refractivity contribution in [2.24, 2.45) is 0 Å². The second-order valence-electron chi connectivity index (χ2n) is 5.16. The van der Waals surface area contributed by atoms with Crippen LogP contribution in [-0.4, -0.2) is 16.9 Å². The molecule has 3 nitrogen and oxygen atoms in total. The predicted molar refractivity (Wildman–Crippen MR) is 69.6 cm³/mol. The highest BCUT2D eigenvalue weighted by molar-refractivity contribution is 5.54. The van der Waals surface area contributed by atoms with Gasteiger partial charge in [0.15, 0.2) is 0 Å². The summed E-state index contributed by atoms with van der Waals surface area (Å²) in [6.45, 7) is 0. The summed E-state index contributed by atoms with van der Waals surface area (Å²) in [7, 11) is 1.72. The van der Waals surface area contributed by atoms with Crippen molar-refractivity contribution in [1.82, 2.24) is 9.78 Å². The summed E-state index contributed by atoms with van der Waals surface area (Å²) in [4.78, 5) is 0. The zero-order valence-corrected chi connectivity index (χ0v) is 10.6. The number of rotatable bonds is 1. The fourth-order valence-corrected chi connectivity index (χ4v) is 3.22. The fourth-order valence-electron chi connectivity index (χ4n) is 3.22. The first-order valence-corrected chi connectivity index (χ1v) is 6.64. The van der Waals surface area contributed by atoms with Crippen LogP contribution >= 0.6 is 0 Å². The molecule has 4 rings (SSSR count). The van der Waals surface area contributed by atoms with E-state index in [4.69, 9.17) is 9.84 Å². The normalized spacial score (nSPS) is 16.1. The van der Waals surface area contributed by atoms with Gasteiger partial charge in [-0.3, -0.25) is 0 Å². The van der Waals surface area contributed by atoms with Crippen molar-refractivity contribution in [1.29, 1.82) is 0 Å². The molecule has 0 fully saturated rings. The molecule has 18 heavy (non-hydrogen) atoms. The van der Waals surface area contributed by atoms with Gasteiger partial charge in [0.1, 0.15) is 5.75 Å². The van der Waals surface area contributed by atoms with Crippen LogP contribution in [0.2, 0.25) is 0 Å². The van der Waals surface area contributed by atoms with E-state index in [9.17, 15) is 0 Å². The van der Waals surface area contributed by atoms with Crippen LogP contribution in [0, 0.1) is 0 Å². The number of methoxy groups -OCH3 is 1. The smallest absolute Gasteiger partial charge is 0.119 e. The van der Waals surface area contributed by atoms with E-state index < -0.39 is 0 Å². The number of aromatic nitrogens is 2.